The van der Waals surface area contributed by atoms with Crippen molar-refractivity contribution in [1.82, 2.24) is 0 Å². The van der Waals surface area contributed by atoms with E-state index in [0.29, 0.717) is 24.8 Å². The molecule has 0 fully saturated rings. The lowest BCUT2D eigenvalue weighted by atomic mass is 10.2. The molecule has 14 heavy (non-hydrogen) atoms. The number of ketones is 1. The van der Waals surface area contributed by atoms with Crippen LogP contribution in [0.25, 0.3) is 0 Å². The van der Waals surface area contributed by atoms with Gasteiger partial charge in [-0.05, 0) is 32.9 Å². The first-order valence-electron chi connectivity index (χ1n) is 4.91. The van der Waals surface area contributed by atoms with Gasteiger partial charge < -0.3 is 8.85 Å². The van der Waals surface area contributed by atoms with E-state index in [0.717, 1.165) is 0 Å². The number of allylic oxidation sites excluding steroid dienone is 1. The summed E-state index contributed by atoms with van der Waals surface area (Å²) >= 11 is 0. The van der Waals surface area contributed by atoms with Crippen LogP contribution in [0, 0.1) is 0 Å². The lowest BCUT2D eigenvalue weighted by Gasteiger charge is -2.25. The quantitative estimate of drug-likeness (QED) is 0.484. The van der Waals surface area contributed by atoms with Gasteiger partial charge in [0.05, 0.1) is 6.04 Å². The molecule has 0 aromatic carbocycles. The van der Waals surface area contributed by atoms with E-state index in [4.69, 9.17) is 8.85 Å². The van der Waals surface area contributed by atoms with E-state index >= 15 is 0 Å². The van der Waals surface area contributed by atoms with Crippen molar-refractivity contribution < 1.29 is 13.6 Å². The first-order chi connectivity index (χ1) is 6.45. The highest BCUT2D eigenvalue weighted by Crippen LogP contribution is 2.16. The Morgan fingerprint density at radius 1 is 1.29 bits per heavy atom. The van der Waals surface area contributed by atoms with Crippen LogP contribution in [0.3, 0.4) is 0 Å². The fourth-order valence-corrected chi connectivity index (χ4v) is 3.59. The Morgan fingerprint density at radius 3 is 2.00 bits per heavy atom. The molecule has 0 rings (SSSR count). The molecule has 82 valence electrons. The van der Waals surface area contributed by atoms with E-state index < -0.39 is 8.56 Å². The second kappa shape index (κ2) is 6.11. The van der Waals surface area contributed by atoms with E-state index in [9.17, 15) is 4.79 Å². The average molecular weight is 216 g/mol. The van der Waals surface area contributed by atoms with Gasteiger partial charge in [-0.15, -0.1) is 0 Å². The van der Waals surface area contributed by atoms with Crippen molar-refractivity contribution in [2.75, 3.05) is 13.2 Å². The highest BCUT2D eigenvalue weighted by atomic mass is 28.4. The van der Waals surface area contributed by atoms with Gasteiger partial charge in [0.1, 0.15) is 0 Å². The topological polar surface area (TPSA) is 35.5 Å². The zero-order valence-corrected chi connectivity index (χ0v) is 10.6. The molecule has 0 bridgehead atoms. The number of hydrogen-bond donors (Lipinski definition) is 0. The third-order valence-electron chi connectivity index (χ3n) is 1.86. The maximum absolute atomic E-state index is 11.5. The minimum atomic E-state index is -2.29. The second-order valence-corrected chi connectivity index (χ2v) is 6.58. The molecule has 0 aliphatic carbocycles. The number of carbonyl (C=O) groups excluding carboxylic acids is 1. The van der Waals surface area contributed by atoms with Crippen LogP contribution in [0.15, 0.2) is 12.2 Å². The molecule has 0 aromatic heterocycles. The van der Waals surface area contributed by atoms with Crippen LogP contribution in [-0.2, 0) is 13.6 Å². The molecule has 0 saturated heterocycles. The predicted molar refractivity (Wildman–Crippen MR) is 59.5 cm³/mol. The van der Waals surface area contributed by atoms with Gasteiger partial charge in [0, 0.05) is 13.2 Å². The van der Waals surface area contributed by atoms with Gasteiger partial charge in [-0.3, -0.25) is 4.79 Å². The van der Waals surface area contributed by atoms with Gasteiger partial charge >= 0.3 is 8.56 Å². The lowest BCUT2D eigenvalue weighted by Crippen LogP contribution is -2.41. The van der Waals surface area contributed by atoms with E-state index in [1.54, 1.807) is 6.92 Å². The Kier molecular flexibility index (Phi) is 5.91. The molecule has 0 N–H and O–H groups in total. The molecule has 0 heterocycles. The van der Waals surface area contributed by atoms with Crippen molar-refractivity contribution in [3.63, 3.8) is 0 Å². The summed E-state index contributed by atoms with van der Waals surface area (Å²) in [6.07, 6.45) is 0. The van der Waals surface area contributed by atoms with Crippen LogP contribution >= 0.6 is 0 Å². The van der Waals surface area contributed by atoms with E-state index in [1.165, 1.54) is 0 Å². The highest BCUT2D eigenvalue weighted by Gasteiger charge is 2.33. The van der Waals surface area contributed by atoms with Gasteiger partial charge in [0.2, 0.25) is 0 Å². The molecule has 4 heteroatoms. The van der Waals surface area contributed by atoms with Crippen LogP contribution in [0.5, 0.6) is 0 Å². The average Bonchev–Trinajstić information content (AvgIpc) is 2.04. The lowest BCUT2D eigenvalue weighted by molar-refractivity contribution is -0.114. The molecule has 0 aliphatic rings. The Bertz CT molecular complexity index is 207. The van der Waals surface area contributed by atoms with Crippen LogP contribution in [0.2, 0.25) is 12.6 Å². The smallest absolute Gasteiger partial charge is 0.342 e. The summed E-state index contributed by atoms with van der Waals surface area (Å²) in [5.41, 5.74) is 0.572. The van der Waals surface area contributed by atoms with Crippen LogP contribution in [-0.4, -0.2) is 27.6 Å². The first kappa shape index (κ1) is 13.5. The van der Waals surface area contributed by atoms with Gasteiger partial charge in [0.15, 0.2) is 5.78 Å². The van der Waals surface area contributed by atoms with E-state index in [1.807, 2.05) is 20.4 Å². The number of carbonyl (C=O) groups is 1. The van der Waals surface area contributed by atoms with Crippen LogP contribution in [0.4, 0.5) is 0 Å². The molecule has 0 aliphatic heterocycles. The van der Waals surface area contributed by atoms with Crippen molar-refractivity contribution in [3.8, 4) is 0 Å². The summed E-state index contributed by atoms with van der Waals surface area (Å²) in [6, 6.07) is 0.365. The van der Waals surface area contributed by atoms with Crippen molar-refractivity contribution in [2.24, 2.45) is 0 Å². The molecule has 3 nitrogen and oxygen atoms in total. The Hall–Kier alpha value is -0.453. The molecule has 0 radical (unpaired) electrons. The standard InChI is InChI=1S/C10H20O3Si/c1-6-12-14(5,13-7-2)8-10(11)9(3)4/h3,6-8H2,1-2,4-5H3. The molecule has 0 spiro atoms. The summed E-state index contributed by atoms with van der Waals surface area (Å²) < 4.78 is 11.1. The Morgan fingerprint density at radius 2 is 1.71 bits per heavy atom. The minimum absolute atomic E-state index is 0.0427. The molecular weight excluding hydrogens is 196 g/mol. The Labute approximate surface area is 87.4 Å². The number of Topliss-reactive ketones (excluding diaryl/α,β-unsaturated/α-hetero) is 1. The van der Waals surface area contributed by atoms with Gasteiger partial charge in [-0.1, -0.05) is 6.58 Å². The predicted octanol–water partition coefficient (Wildman–Crippen LogP) is 2.28. The fraction of sp³-hybridized carbons (Fsp3) is 0.700. The minimum Gasteiger partial charge on any atom is -0.394 e. The molecular formula is C10H20O3Si. The fourth-order valence-electron chi connectivity index (χ4n) is 1.20. The summed E-state index contributed by atoms with van der Waals surface area (Å²) in [5.74, 6) is 0.0427. The monoisotopic (exact) mass is 216 g/mol. The largest absolute Gasteiger partial charge is 0.394 e. The highest BCUT2D eigenvalue weighted by molar-refractivity contribution is 6.69. The van der Waals surface area contributed by atoms with Crippen molar-refractivity contribution in [2.45, 2.75) is 33.4 Å². The van der Waals surface area contributed by atoms with Crippen molar-refractivity contribution in [1.29, 1.82) is 0 Å². The molecule has 0 amide bonds. The molecule has 0 unspecified atom stereocenters. The van der Waals surface area contributed by atoms with E-state index in [2.05, 4.69) is 6.58 Å². The normalized spacial score (nSPS) is 11.4. The summed E-state index contributed by atoms with van der Waals surface area (Å²) in [6.45, 7) is 12.3. The van der Waals surface area contributed by atoms with E-state index in [-0.39, 0.29) is 5.78 Å². The zero-order chi connectivity index (χ0) is 11.2. The zero-order valence-electron chi connectivity index (χ0n) is 9.55. The molecule has 0 aromatic rings. The molecule has 0 saturated carbocycles. The first-order valence-corrected chi connectivity index (χ1v) is 7.44. The van der Waals surface area contributed by atoms with Gasteiger partial charge in [-0.25, -0.2) is 0 Å². The molecule has 0 atom stereocenters. The number of rotatable bonds is 7. The van der Waals surface area contributed by atoms with Crippen molar-refractivity contribution in [3.05, 3.63) is 12.2 Å². The van der Waals surface area contributed by atoms with Gasteiger partial charge in [-0.2, -0.15) is 0 Å². The van der Waals surface area contributed by atoms with Crippen LogP contribution < -0.4 is 0 Å². The van der Waals surface area contributed by atoms with Crippen LogP contribution in [0.1, 0.15) is 20.8 Å². The summed E-state index contributed by atoms with van der Waals surface area (Å²) in [7, 11) is -2.29. The maximum Gasteiger partial charge on any atom is 0.342 e. The second-order valence-electron chi connectivity index (χ2n) is 3.38. The van der Waals surface area contributed by atoms with Gasteiger partial charge in [0.25, 0.3) is 0 Å². The summed E-state index contributed by atoms with van der Waals surface area (Å²) in [4.78, 5) is 11.5. The maximum atomic E-state index is 11.5. The third-order valence-corrected chi connectivity index (χ3v) is 4.62. The summed E-state index contributed by atoms with van der Waals surface area (Å²) in [5, 5.41) is 0. The third kappa shape index (κ3) is 4.69. The SMILES string of the molecule is C=C(C)C(=O)C[Si](C)(OCC)OCC. The Balaban J connectivity index is 4.35. The number of hydrogen-bond acceptors (Lipinski definition) is 3. The van der Waals surface area contributed by atoms with Crippen molar-refractivity contribution >= 4 is 14.3 Å².